The molecule has 1 saturated carbocycles. The highest BCUT2D eigenvalue weighted by Gasteiger charge is 2.43. The van der Waals surface area contributed by atoms with Gasteiger partial charge in [0.1, 0.15) is 5.75 Å². The second kappa shape index (κ2) is 7.97. The standard InChI is InChI=1S/C21H30N2O3/c1-25-20-5-3-2-4-17(20)12-23-13-18(15-6-7-15)19(14-23)22-21(24)16-8-10-26-11-9-16/h2-5,15-16,18-19H,6-14H2,1H3,(H,22,24)/t18-,19+/m0/s1. The van der Waals surface area contributed by atoms with Crippen molar-refractivity contribution in [3.8, 4) is 5.75 Å². The van der Waals surface area contributed by atoms with Gasteiger partial charge in [0.25, 0.3) is 0 Å². The van der Waals surface area contributed by atoms with Crippen LogP contribution >= 0.6 is 0 Å². The Morgan fingerprint density at radius 1 is 1.19 bits per heavy atom. The van der Waals surface area contributed by atoms with Gasteiger partial charge in [-0.3, -0.25) is 9.69 Å². The van der Waals surface area contributed by atoms with E-state index in [1.54, 1.807) is 7.11 Å². The van der Waals surface area contributed by atoms with Crippen molar-refractivity contribution in [2.24, 2.45) is 17.8 Å². The number of ether oxygens (including phenoxy) is 2. The van der Waals surface area contributed by atoms with Gasteiger partial charge in [-0.2, -0.15) is 0 Å². The number of amides is 1. The fourth-order valence-electron chi connectivity index (χ4n) is 4.53. The predicted octanol–water partition coefficient (Wildman–Crippen LogP) is 2.45. The molecular weight excluding hydrogens is 328 g/mol. The van der Waals surface area contributed by atoms with Gasteiger partial charge in [-0.15, -0.1) is 0 Å². The number of benzene rings is 1. The van der Waals surface area contributed by atoms with Crippen LogP contribution in [0.3, 0.4) is 0 Å². The van der Waals surface area contributed by atoms with Gasteiger partial charge in [0, 0.05) is 50.4 Å². The minimum Gasteiger partial charge on any atom is -0.496 e. The van der Waals surface area contributed by atoms with Crippen LogP contribution in [0.25, 0.3) is 0 Å². The van der Waals surface area contributed by atoms with Crippen LogP contribution in [0.4, 0.5) is 0 Å². The van der Waals surface area contributed by atoms with Crippen LogP contribution in [0.5, 0.6) is 5.75 Å². The van der Waals surface area contributed by atoms with E-state index in [2.05, 4.69) is 22.3 Å². The lowest BCUT2D eigenvalue weighted by atomic mass is 9.95. The second-order valence-electron chi connectivity index (χ2n) is 8.01. The molecule has 2 saturated heterocycles. The van der Waals surface area contributed by atoms with Gasteiger partial charge >= 0.3 is 0 Å². The molecule has 0 unspecified atom stereocenters. The molecule has 0 radical (unpaired) electrons. The lowest BCUT2D eigenvalue weighted by Crippen LogP contribution is -2.45. The zero-order chi connectivity index (χ0) is 17.9. The summed E-state index contributed by atoms with van der Waals surface area (Å²) in [5, 5.41) is 3.40. The third-order valence-corrected chi connectivity index (χ3v) is 6.17. The van der Waals surface area contributed by atoms with Gasteiger partial charge in [0.05, 0.1) is 7.11 Å². The van der Waals surface area contributed by atoms with Crippen LogP contribution in [0.1, 0.15) is 31.2 Å². The first-order chi connectivity index (χ1) is 12.7. The minimum atomic E-state index is 0.131. The SMILES string of the molecule is COc1ccccc1CN1C[C@@H](NC(=O)C2CCOCC2)[C@H](C2CC2)C1. The summed E-state index contributed by atoms with van der Waals surface area (Å²) in [5.74, 6) is 2.70. The maximum atomic E-state index is 12.7. The molecule has 2 aliphatic heterocycles. The lowest BCUT2D eigenvalue weighted by Gasteiger charge is -2.25. The summed E-state index contributed by atoms with van der Waals surface area (Å²) in [4.78, 5) is 15.2. The zero-order valence-corrected chi connectivity index (χ0v) is 15.7. The summed E-state index contributed by atoms with van der Waals surface area (Å²) in [6, 6.07) is 8.52. The van der Waals surface area contributed by atoms with Crippen LogP contribution in [0.2, 0.25) is 0 Å². The summed E-state index contributed by atoms with van der Waals surface area (Å²) in [6.45, 7) is 4.33. The highest BCUT2D eigenvalue weighted by Crippen LogP contribution is 2.42. The van der Waals surface area contributed by atoms with Crippen molar-refractivity contribution in [2.45, 2.75) is 38.3 Å². The molecule has 1 aliphatic carbocycles. The van der Waals surface area contributed by atoms with E-state index in [1.807, 2.05) is 12.1 Å². The maximum Gasteiger partial charge on any atom is 0.223 e. The molecule has 5 heteroatoms. The van der Waals surface area contributed by atoms with Crippen LogP contribution in [0, 0.1) is 17.8 Å². The van der Waals surface area contributed by atoms with E-state index in [-0.39, 0.29) is 17.9 Å². The molecule has 2 heterocycles. The average molecular weight is 358 g/mol. The normalized spacial score (nSPS) is 27.4. The molecule has 3 aliphatic rings. The highest BCUT2D eigenvalue weighted by molar-refractivity contribution is 5.79. The third-order valence-electron chi connectivity index (χ3n) is 6.17. The summed E-state index contributed by atoms with van der Waals surface area (Å²) in [7, 11) is 1.73. The molecule has 2 atom stereocenters. The Labute approximate surface area is 156 Å². The summed E-state index contributed by atoms with van der Waals surface area (Å²) in [6.07, 6.45) is 4.35. The van der Waals surface area contributed by atoms with E-state index in [0.29, 0.717) is 19.1 Å². The van der Waals surface area contributed by atoms with Gasteiger partial charge in [0.2, 0.25) is 5.91 Å². The second-order valence-corrected chi connectivity index (χ2v) is 8.01. The number of hydrogen-bond acceptors (Lipinski definition) is 4. The fourth-order valence-corrected chi connectivity index (χ4v) is 4.53. The zero-order valence-electron chi connectivity index (χ0n) is 15.7. The first-order valence-corrected chi connectivity index (χ1v) is 9.97. The largest absolute Gasteiger partial charge is 0.496 e. The van der Waals surface area contributed by atoms with Gasteiger partial charge in [-0.05, 0) is 43.6 Å². The molecule has 0 aromatic heterocycles. The molecule has 5 nitrogen and oxygen atoms in total. The van der Waals surface area contributed by atoms with E-state index in [0.717, 1.165) is 44.1 Å². The molecule has 26 heavy (non-hydrogen) atoms. The van der Waals surface area contributed by atoms with Crippen LogP contribution < -0.4 is 10.1 Å². The van der Waals surface area contributed by atoms with Crippen LogP contribution in [-0.4, -0.2) is 50.3 Å². The molecule has 1 aromatic rings. The number of para-hydroxylation sites is 1. The number of carbonyl (C=O) groups excluding carboxylic acids is 1. The lowest BCUT2D eigenvalue weighted by molar-refractivity contribution is -0.128. The molecule has 142 valence electrons. The van der Waals surface area contributed by atoms with E-state index < -0.39 is 0 Å². The Kier molecular flexibility index (Phi) is 5.46. The smallest absolute Gasteiger partial charge is 0.223 e. The Balaban J connectivity index is 1.39. The van der Waals surface area contributed by atoms with E-state index in [9.17, 15) is 4.79 Å². The van der Waals surface area contributed by atoms with Crippen molar-refractivity contribution in [3.05, 3.63) is 29.8 Å². The van der Waals surface area contributed by atoms with Crippen molar-refractivity contribution in [1.29, 1.82) is 0 Å². The molecule has 0 spiro atoms. The first-order valence-electron chi connectivity index (χ1n) is 9.97. The molecular formula is C21H30N2O3. The molecule has 1 N–H and O–H groups in total. The van der Waals surface area contributed by atoms with E-state index in [4.69, 9.17) is 9.47 Å². The Morgan fingerprint density at radius 3 is 2.69 bits per heavy atom. The van der Waals surface area contributed by atoms with Crippen molar-refractivity contribution < 1.29 is 14.3 Å². The number of nitrogens with zero attached hydrogens (tertiary/aromatic N) is 1. The van der Waals surface area contributed by atoms with Crippen molar-refractivity contribution in [2.75, 3.05) is 33.4 Å². The van der Waals surface area contributed by atoms with E-state index in [1.165, 1.54) is 18.4 Å². The molecule has 1 aromatic carbocycles. The van der Waals surface area contributed by atoms with Gasteiger partial charge in [0.15, 0.2) is 0 Å². The predicted molar refractivity (Wildman–Crippen MR) is 100.0 cm³/mol. The topological polar surface area (TPSA) is 50.8 Å². The molecule has 1 amide bonds. The number of methoxy groups -OCH3 is 1. The molecule has 0 bridgehead atoms. The van der Waals surface area contributed by atoms with Gasteiger partial charge in [-0.1, -0.05) is 18.2 Å². The minimum absolute atomic E-state index is 0.131. The van der Waals surface area contributed by atoms with Crippen molar-refractivity contribution >= 4 is 5.91 Å². The molecule has 4 rings (SSSR count). The summed E-state index contributed by atoms with van der Waals surface area (Å²) < 4.78 is 10.9. The molecule has 3 fully saturated rings. The van der Waals surface area contributed by atoms with Crippen LogP contribution in [-0.2, 0) is 16.1 Å². The van der Waals surface area contributed by atoms with E-state index >= 15 is 0 Å². The summed E-state index contributed by atoms with van der Waals surface area (Å²) >= 11 is 0. The van der Waals surface area contributed by atoms with Crippen molar-refractivity contribution in [1.82, 2.24) is 10.2 Å². The number of carbonyl (C=O) groups is 1. The fraction of sp³-hybridized carbons (Fsp3) is 0.667. The Morgan fingerprint density at radius 2 is 1.96 bits per heavy atom. The van der Waals surface area contributed by atoms with Gasteiger partial charge in [-0.25, -0.2) is 0 Å². The van der Waals surface area contributed by atoms with Gasteiger partial charge < -0.3 is 14.8 Å². The quantitative estimate of drug-likeness (QED) is 0.849. The van der Waals surface area contributed by atoms with Crippen LogP contribution in [0.15, 0.2) is 24.3 Å². The monoisotopic (exact) mass is 358 g/mol. The number of hydrogen-bond donors (Lipinski definition) is 1. The third kappa shape index (κ3) is 4.04. The Bertz CT molecular complexity index is 625. The number of rotatable bonds is 6. The number of nitrogens with one attached hydrogen (secondary N) is 1. The Hall–Kier alpha value is -1.59. The first kappa shape index (κ1) is 17.8. The summed E-state index contributed by atoms with van der Waals surface area (Å²) in [5.41, 5.74) is 1.22. The highest BCUT2D eigenvalue weighted by atomic mass is 16.5. The maximum absolute atomic E-state index is 12.7. The number of likely N-dealkylation sites (tertiary alicyclic amines) is 1. The van der Waals surface area contributed by atoms with Crippen molar-refractivity contribution in [3.63, 3.8) is 0 Å². The average Bonchev–Trinajstić information content (AvgIpc) is 3.45.